The fourth-order valence-corrected chi connectivity index (χ4v) is 1.66. The maximum Gasteiger partial charge on any atom is 0.159 e. The van der Waals surface area contributed by atoms with E-state index in [1.807, 2.05) is 31.2 Å². The van der Waals surface area contributed by atoms with Crippen molar-refractivity contribution >= 4 is 0 Å². The van der Waals surface area contributed by atoms with E-state index >= 15 is 0 Å². The zero-order valence-electron chi connectivity index (χ0n) is 9.96. The van der Waals surface area contributed by atoms with E-state index in [0.29, 0.717) is 12.4 Å². The molecule has 0 atom stereocenters. The number of hydrogen-bond donors (Lipinski definition) is 1. The van der Waals surface area contributed by atoms with Gasteiger partial charge in [0.05, 0.1) is 6.54 Å². The number of benzene rings is 1. The van der Waals surface area contributed by atoms with Crippen molar-refractivity contribution in [3.8, 4) is 11.4 Å². The summed E-state index contributed by atoms with van der Waals surface area (Å²) in [6.07, 6.45) is 3.48. The molecule has 2 aromatic rings. The SMILES string of the molecule is Cc1ccccc1-c1ncc(CN(C)O)cn1. The third kappa shape index (κ3) is 2.87. The molecule has 1 N–H and O–H groups in total. The summed E-state index contributed by atoms with van der Waals surface area (Å²) in [5.41, 5.74) is 3.07. The number of nitrogens with zero attached hydrogens (tertiary/aromatic N) is 3. The summed E-state index contributed by atoms with van der Waals surface area (Å²) >= 11 is 0. The predicted molar refractivity (Wildman–Crippen MR) is 65.5 cm³/mol. The van der Waals surface area contributed by atoms with Crippen LogP contribution in [0.5, 0.6) is 0 Å². The largest absolute Gasteiger partial charge is 0.314 e. The molecular formula is C13H15N3O. The molecular weight excluding hydrogens is 214 g/mol. The monoisotopic (exact) mass is 229 g/mol. The Morgan fingerprint density at radius 2 is 1.82 bits per heavy atom. The second kappa shape index (κ2) is 5.03. The molecule has 0 saturated carbocycles. The highest BCUT2D eigenvalue weighted by atomic mass is 16.5. The van der Waals surface area contributed by atoms with Crippen LogP contribution in [0.1, 0.15) is 11.1 Å². The van der Waals surface area contributed by atoms with Gasteiger partial charge >= 0.3 is 0 Å². The van der Waals surface area contributed by atoms with Gasteiger partial charge in [0.2, 0.25) is 0 Å². The van der Waals surface area contributed by atoms with E-state index < -0.39 is 0 Å². The molecule has 17 heavy (non-hydrogen) atoms. The first-order valence-corrected chi connectivity index (χ1v) is 5.44. The summed E-state index contributed by atoms with van der Waals surface area (Å²) in [6, 6.07) is 8.01. The topological polar surface area (TPSA) is 49.2 Å². The van der Waals surface area contributed by atoms with Gasteiger partial charge in [0.15, 0.2) is 5.82 Å². The van der Waals surface area contributed by atoms with Crippen LogP contribution in [0.2, 0.25) is 0 Å². The summed E-state index contributed by atoms with van der Waals surface area (Å²) < 4.78 is 0. The van der Waals surface area contributed by atoms with Crippen LogP contribution < -0.4 is 0 Å². The van der Waals surface area contributed by atoms with E-state index in [4.69, 9.17) is 5.21 Å². The molecule has 0 aliphatic rings. The number of aryl methyl sites for hydroxylation is 1. The number of rotatable bonds is 3. The van der Waals surface area contributed by atoms with Gasteiger partial charge in [-0.25, -0.2) is 9.97 Å². The summed E-state index contributed by atoms with van der Waals surface area (Å²) in [4.78, 5) is 8.63. The van der Waals surface area contributed by atoms with Crippen molar-refractivity contribution in [2.75, 3.05) is 7.05 Å². The Morgan fingerprint density at radius 1 is 1.18 bits per heavy atom. The lowest BCUT2D eigenvalue weighted by Gasteiger charge is -2.08. The second-order valence-corrected chi connectivity index (χ2v) is 4.05. The van der Waals surface area contributed by atoms with Crippen LogP contribution in [0.4, 0.5) is 0 Å². The molecule has 1 aromatic heterocycles. The van der Waals surface area contributed by atoms with Crippen molar-refractivity contribution in [1.29, 1.82) is 0 Å². The minimum atomic E-state index is 0.425. The molecule has 1 heterocycles. The average Bonchev–Trinajstić information content (AvgIpc) is 2.30. The lowest BCUT2D eigenvalue weighted by atomic mass is 10.1. The van der Waals surface area contributed by atoms with E-state index in [1.165, 1.54) is 0 Å². The molecule has 88 valence electrons. The summed E-state index contributed by atoms with van der Waals surface area (Å²) in [6.45, 7) is 2.46. The van der Waals surface area contributed by atoms with Gasteiger partial charge in [0, 0.05) is 30.6 Å². The molecule has 4 heteroatoms. The zero-order valence-corrected chi connectivity index (χ0v) is 9.96. The molecule has 4 nitrogen and oxygen atoms in total. The van der Waals surface area contributed by atoms with Crippen LogP contribution in [-0.4, -0.2) is 27.3 Å². The molecule has 0 aliphatic heterocycles. The van der Waals surface area contributed by atoms with Crippen molar-refractivity contribution in [2.45, 2.75) is 13.5 Å². The summed E-state index contributed by atoms with van der Waals surface area (Å²) in [5, 5.41) is 10.2. The number of hydroxylamine groups is 2. The molecule has 0 spiro atoms. The van der Waals surface area contributed by atoms with Gasteiger partial charge < -0.3 is 5.21 Å². The molecule has 0 radical (unpaired) electrons. The molecule has 0 amide bonds. The van der Waals surface area contributed by atoms with Crippen LogP contribution in [-0.2, 0) is 6.54 Å². The molecule has 1 aromatic carbocycles. The zero-order chi connectivity index (χ0) is 12.3. The highest BCUT2D eigenvalue weighted by molar-refractivity contribution is 5.59. The van der Waals surface area contributed by atoms with Crippen LogP contribution >= 0.6 is 0 Å². The van der Waals surface area contributed by atoms with Crippen molar-refractivity contribution < 1.29 is 5.21 Å². The Balaban J connectivity index is 2.27. The second-order valence-electron chi connectivity index (χ2n) is 4.05. The predicted octanol–water partition coefficient (Wildman–Crippen LogP) is 2.27. The number of hydrogen-bond acceptors (Lipinski definition) is 4. The summed E-state index contributed by atoms with van der Waals surface area (Å²) in [7, 11) is 1.59. The third-order valence-corrected chi connectivity index (χ3v) is 2.50. The van der Waals surface area contributed by atoms with Gasteiger partial charge in [-0.05, 0) is 12.5 Å². The van der Waals surface area contributed by atoms with Gasteiger partial charge in [-0.15, -0.1) is 0 Å². The van der Waals surface area contributed by atoms with Gasteiger partial charge in [-0.3, -0.25) is 0 Å². The molecule has 2 rings (SSSR count). The maximum absolute atomic E-state index is 9.11. The maximum atomic E-state index is 9.11. The Kier molecular flexibility index (Phi) is 3.46. The standard InChI is InChI=1S/C13H15N3O/c1-10-5-3-4-6-12(10)13-14-7-11(8-15-13)9-16(2)17/h3-8,17H,9H2,1-2H3. The first-order chi connectivity index (χ1) is 8.16. The van der Waals surface area contributed by atoms with Gasteiger partial charge in [-0.2, -0.15) is 5.06 Å². The van der Waals surface area contributed by atoms with Crippen molar-refractivity contribution in [3.05, 3.63) is 47.8 Å². The van der Waals surface area contributed by atoms with E-state index in [2.05, 4.69) is 9.97 Å². The van der Waals surface area contributed by atoms with Crippen LogP contribution in [0.3, 0.4) is 0 Å². The number of aromatic nitrogens is 2. The van der Waals surface area contributed by atoms with E-state index in [0.717, 1.165) is 21.8 Å². The summed E-state index contributed by atoms with van der Waals surface area (Å²) in [5.74, 6) is 0.715. The Morgan fingerprint density at radius 3 is 2.41 bits per heavy atom. The molecule has 0 fully saturated rings. The van der Waals surface area contributed by atoms with Crippen LogP contribution in [0.15, 0.2) is 36.7 Å². The lowest BCUT2D eigenvalue weighted by molar-refractivity contribution is -0.0732. The van der Waals surface area contributed by atoms with Crippen molar-refractivity contribution in [2.24, 2.45) is 0 Å². The third-order valence-electron chi connectivity index (χ3n) is 2.50. The average molecular weight is 229 g/mol. The van der Waals surface area contributed by atoms with Crippen molar-refractivity contribution in [1.82, 2.24) is 15.0 Å². The first kappa shape index (κ1) is 11.7. The van der Waals surface area contributed by atoms with Gasteiger partial charge in [0.25, 0.3) is 0 Å². The van der Waals surface area contributed by atoms with E-state index in [9.17, 15) is 0 Å². The fraction of sp³-hybridized carbons (Fsp3) is 0.231. The smallest absolute Gasteiger partial charge is 0.159 e. The van der Waals surface area contributed by atoms with Gasteiger partial charge in [0.1, 0.15) is 0 Å². The highest BCUT2D eigenvalue weighted by Crippen LogP contribution is 2.18. The van der Waals surface area contributed by atoms with E-state index in [1.54, 1.807) is 19.4 Å². The van der Waals surface area contributed by atoms with Crippen LogP contribution in [0.25, 0.3) is 11.4 Å². The molecule has 0 bridgehead atoms. The fourth-order valence-electron chi connectivity index (χ4n) is 1.66. The highest BCUT2D eigenvalue weighted by Gasteiger charge is 2.04. The molecule has 0 unspecified atom stereocenters. The van der Waals surface area contributed by atoms with Crippen molar-refractivity contribution in [3.63, 3.8) is 0 Å². The molecule has 0 aliphatic carbocycles. The van der Waals surface area contributed by atoms with E-state index in [-0.39, 0.29) is 0 Å². The normalized spacial score (nSPS) is 10.8. The minimum Gasteiger partial charge on any atom is -0.314 e. The Labute approximate surface area is 101 Å². The molecule has 0 saturated heterocycles. The first-order valence-electron chi connectivity index (χ1n) is 5.44. The van der Waals surface area contributed by atoms with Crippen LogP contribution in [0, 0.1) is 6.92 Å². The quantitative estimate of drug-likeness (QED) is 0.820. The Bertz CT molecular complexity index is 494. The Hall–Kier alpha value is -1.78. The minimum absolute atomic E-state index is 0.425. The van der Waals surface area contributed by atoms with Gasteiger partial charge in [-0.1, -0.05) is 24.3 Å². The lowest BCUT2D eigenvalue weighted by Crippen LogP contribution is -2.12.